The average Bonchev–Trinajstić information content (AvgIpc) is 3.06. The van der Waals surface area contributed by atoms with Crippen LogP contribution in [0.2, 0.25) is 0 Å². The van der Waals surface area contributed by atoms with Crippen LogP contribution in [0, 0.1) is 0 Å². The van der Waals surface area contributed by atoms with Gasteiger partial charge >= 0.3 is 0 Å². The normalized spacial score (nSPS) is 12.1. The Hall–Kier alpha value is -2.61. The van der Waals surface area contributed by atoms with Crippen molar-refractivity contribution in [3.05, 3.63) is 36.9 Å². The molecule has 0 bridgehead atoms. The van der Waals surface area contributed by atoms with Crippen molar-refractivity contribution in [3.63, 3.8) is 0 Å². The number of ether oxygens (including phenoxy) is 1. The van der Waals surface area contributed by atoms with Gasteiger partial charge in [0.2, 0.25) is 5.91 Å². The summed E-state index contributed by atoms with van der Waals surface area (Å²) in [7, 11) is 0. The van der Waals surface area contributed by atoms with E-state index < -0.39 is 0 Å². The monoisotopic (exact) mass is 343 g/mol. The summed E-state index contributed by atoms with van der Waals surface area (Å²) >= 11 is 1.36. The zero-order chi connectivity index (χ0) is 16.9. The highest BCUT2D eigenvalue weighted by Crippen LogP contribution is 2.27. The molecule has 1 aromatic carbocycles. The minimum absolute atomic E-state index is 0.101. The van der Waals surface area contributed by atoms with Gasteiger partial charge in [0.25, 0.3) is 0 Å². The average molecular weight is 343 g/mol. The number of aromatic nitrogens is 4. The van der Waals surface area contributed by atoms with Crippen LogP contribution in [0.5, 0.6) is 5.75 Å². The van der Waals surface area contributed by atoms with Crippen LogP contribution in [-0.4, -0.2) is 37.7 Å². The first kappa shape index (κ1) is 16.3. The van der Waals surface area contributed by atoms with E-state index in [1.165, 1.54) is 18.1 Å². The number of fused-ring (bicyclic) bond motifs is 1. The third kappa shape index (κ3) is 3.65. The van der Waals surface area contributed by atoms with Gasteiger partial charge in [-0.25, -0.2) is 15.0 Å². The molecule has 3 aromatic rings. The molecule has 2 aromatic heterocycles. The fourth-order valence-electron chi connectivity index (χ4n) is 2.10. The number of amides is 1. The molecule has 0 saturated heterocycles. The van der Waals surface area contributed by atoms with Crippen molar-refractivity contribution in [1.82, 2.24) is 19.9 Å². The van der Waals surface area contributed by atoms with E-state index in [2.05, 4.69) is 25.3 Å². The number of imidazole rings is 1. The van der Waals surface area contributed by atoms with Gasteiger partial charge in [0.1, 0.15) is 22.6 Å². The quantitative estimate of drug-likeness (QED) is 0.528. The number of aromatic amines is 1. The van der Waals surface area contributed by atoms with Crippen molar-refractivity contribution in [2.75, 3.05) is 11.9 Å². The summed E-state index contributed by atoms with van der Waals surface area (Å²) < 4.78 is 5.39. The summed E-state index contributed by atoms with van der Waals surface area (Å²) in [5.41, 5.74) is 2.06. The molecular formula is C16H17N5O2S. The van der Waals surface area contributed by atoms with Gasteiger partial charge in [-0.05, 0) is 38.1 Å². The SMILES string of the molecule is CCOc1ccc(NC(=O)[C@@H](C)Sc2ncnc3nc[nH]c23)cc1. The third-order valence-electron chi connectivity index (χ3n) is 3.28. The molecule has 0 fully saturated rings. The van der Waals surface area contributed by atoms with Crippen molar-refractivity contribution in [3.8, 4) is 5.75 Å². The van der Waals surface area contributed by atoms with E-state index in [1.54, 1.807) is 6.33 Å². The zero-order valence-corrected chi connectivity index (χ0v) is 14.1. The van der Waals surface area contributed by atoms with E-state index in [0.717, 1.165) is 17.0 Å². The maximum Gasteiger partial charge on any atom is 0.237 e. The van der Waals surface area contributed by atoms with Crippen molar-refractivity contribution >= 4 is 34.5 Å². The molecule has 0 unspecified atom stereocenters. The molecule has 124 valence electrons. The lowest BCUT2D eigenvalue weighted by Crippen LogP contribution is -2.22. The van der Waals surface area contributed by atoms with Gasteiger partial charge in [-0.15, -0.1) is 0 Å². The fourth-order valence-corrected chi connectivity index (χ4v) is 2.98. The first-order chi connectivity index (χ1) is 11.7. The Kier molecular flexibility index (Phi) is 4.95. The Morgan fingerprint density at radius 3 is 2.83 bits per heavy atom. The number of hydrogen-bond donors (Lipinski definition) is 2. The minimum atomic E-state index is -0.321. The third-order valence-corrected chi connectivity index (χ3v) is 4.38. The Morgan fingerprint density at radius 2 is 2.08 bits per heavy atom. The summed E-state index contributed by atoms with van der Waals surface area (Å²) in [5.74, 6) is 0.677. The van der Waals surface area contributed by atoms with E-state index in [0.29, 0.717) is 17.3 Å². The number of carbonyl (C=O) groups is 1. The number of rotatable bonds is 6. The van der Waals surface area contributed by atoms with Gasteiger partial charge in [-0.1, -0.05) is 11.8 Å². The van der Waals surface area contributed by atoms with Crippen molar-refractivity contribution in [2.45, 2.75) is 24.1 Å². The van der Waals surface area contributed by atoms with Gasteiger partial charge in [0.05, 0.1) is 18.2 Å². The lowest BCUT2D eigenvalue weighted by molar-refractivity contribution is -0.115. The van der Waals surface area contributed by atoms with Crippen LogP contribution in [-0.2, 0) is 4.79 Å². The largest absolute Gasteiger partial charge is 0.494 e. The topological polar surface area (TPSA) is 92.8 Å². The molecule has 0 aliphatic carbocycles. The predicted octanol–water partition coefficient (Wildman–Crippen LogP) is 2.87. The summed E-state index contributed by atoms with van der Waals surface area (Å²) in [6.45, 7) is 4.37. The Labute approximate surface area is 143 Å². The van der Waals surface area contributed by atoms with E-state index in [-0.39, 0.29) is 11.2 Å². The van der Waals surface area contributed by atoms with E-state index in [4.69, 9.17) is 4.74 Å². The second-order valence-electron chi connectivity index (χ2n) is 4.99. The van der Waals surface area contributed by atoms with Gasteiger partial charge in [-0.3, -0.25) is 4.79 Å². The molecule has 0 saturated carbocycles. The second-order valence-corrected chi connectivity index (χ2v) is 6.32. The molecule has 0 aliphatic heterocycles. The fraction of sp³-hybridized carbons (Fsp3) is 0.250. The zero-order valence-electron chi connectivity index (χ0n) is 13.3. The number of H-pyrrole nitrogens is 1. The van der Waals surface area contributed by atoms with Crippen LogP contribution in [0.3, 0.4) is 0 Å². The number of thioether (sulfide) groups is 1. The van der Waals surface area contributed by atoms with Crippen LogP contribution in [0.25, 0.3) is 11.2 Å². The Morgan fingerprint density at radius 1 is 1.29 bits per heavy atom. The molecule has 0 spiro atoms. The van der Waals surface area contributed by atoms with Gasteiger partial charge in [-0.2, -0.15) is 0 Å². The first-order valence-corrected chi connectivity index (χ1v) is 8.39. The summed E-state index contributed by atoms with van der Waals surface area (Å²) in [6, 6.07) is 7.29. The Bertz CT molecular complexity index is 834. The smallest absolute Gasteiger partial charge is 0.237 e. The molecule has 2 N–H and O–H groups in total. The summed E-state index contributed by atoms with van der Waals surface area (Å²) in [5, 5.41) is 3.27. The highest BCUT2D eigenvalue weighted by Gasteiger charge is 2.18. The predicted molar refractivity (Wildman–Crippen MR) is 93.2 cm³/mol. The standard InChI is InChI=1S/C16H17N5O2S/c1-3-23-12-6-4-11(5-7-12)21-15(22)10(2)24-16-13-14(18-8-17-13)19-9-20-16/h4-10H,3H2,1-2H3,(H,21,22)(H,17,18,19,20)/t10-/m1/s1. The van der Waals surface area contributed by atoms with E-state index in [9.17, 15) is 4.79 Å². The minimum Gasteiger partial charge on any atom is -0.494 e. The summed E-state index contributed by atoms with van der Waals surface area (Å²) in [4.78, 5) is 27.7. The van der Waals surface area contributed by atoms with E-state index >= 15 is 0 Å². The van der Waals surface area contributed by atoms with Crippen LogP contribution >= 0.6 is 11.8 Å². The Balaban J connectivity index is 1.65. The molecule has 1 atom stereocenters. The van der Waals surface area contributed by atoms with Crippen molar-refractivity contribution in [2.24, 2.45) is 0 Å². The van der Waals surface area contributed by atoms with Gasteiger partial charge in [0, 0.05) is 5.69 Å². The van der Waals surface area contributed by atoms with Crippen LogP contribution in [0.15, 0.2) is 41.9 Å². The molecule has 1 amide bonds. The number of anilines is 1. The van der Waals surface area contributed by atoms with Gasteiger partial charge < -0.3 is 15.0 Å². The molecule has 2 heterocycles. The molecule has 24 heavy (non-hydrogen) atoms. The molecule has 8 heteroatoms. The molecular weight excluding hydrogens is 326 g/mol. The van der Waals surface area contributed by atoms with E-state index in [1.807, 2.05) is 38.1 Å². The molecule has 3 rings (SSSR count). The molecule has 0 aliphatic rings. The van der Waals surface area contributed by atoms with Gasteiger partial charge in [0.15, 0.2) is 5.65 Å². The summed E-state index contributed by atoms with van der Waals surface area (Å²) in [6.07, 6.45) is 3.01. The highest BCUT2D eigenvalue weighted by molar-refractivity contribution is 8.00. The number of hydrogen-bond acceptors (Lipinski definition) is 6. The first-order valence-electron chi connectivity index (χ1n) is 7.52. The second kappa shape index (κ2) is 7.31. The number of carbonyl (C=O) groups excluding carboxylic acids is 1. The molecule has 7 nitrogen and oxygen atoms in total. The number of nitrogens with zero attached hydrogens (tertiary/aromatic N) is 3. The maximum atomic E-state index is 12.4. The van der Waals surface area contributed by atoms with Crippen LogP contribution < -0.4 is 10.1 Å². The lowest BCUT2D eigenvalue weighted by atomic mass is 10.3. The van der Waals surface area contributed by atoms with Crippen LogP contribution in [0.1, 0.15) is 13.8 Å². The number of benzene rings is 1. The van der Waals surface area contributed by atoms with Crippen molar-refractivity contribution in [1.29, 1.82) is 0 Å². The molecule has 0 radical (unpaired) electrons. The number of nitrogens with one attached hydrogen (secondary N) is 2. The van der Waals surface area contributed by atoms with Crippen LogP contribution in [0.4, 0.5) is 5.69 Å². The lowest BCUT2D eigenvalue weighted by Gasteiger charge is -2.12. The maximum absolute atomic E-state index is 12.4. The van der Waals surface area contributed by atoms with Crippen molar-refractivity contribution < 1.29 is 9.53 Å². The highest BCUT2D eigenvalue weighted by atomic mass is 32.2.